The highest BCUT2D eigenvalue weighted by Gasteiger charge is 2.39. The molecule has 3 rings (SSSR count). The van der Waals surface area contributed by atoms with E-state index in [1.54, 1.807) is 35.5 Å². The van der Waals surface area contributed by atoms with E-state index in [2.05, 4.69) is 16.3 Å². The molecule has 0 spiro atoms. The van der Waals surface area contributed by atoms with Crippen LogP contribution in [0.3, 0.4) is 0 Å². The molecule has 34 heavy (non-hydrogen) atoms. The standard InChI is InChI=1S/C24H36N4O5S/c1-4-34(31,32)28-15-19-9-20(16-28)13-27(12-19)14-21(10-24(2,3)26-23(29)30)17-33-22-7-5-18(11-25)6-8-22/h5-8,19-21,26H,4,9-10,12-17H2,1-3H3,(H,29,30). The molecule has 3 unspecified atom stereocenters. The molecule has 1 aromatic rings. The number of nitriles is 1. The second-order valence-corrected chi connectivity index (χ2v) is 12.5. The first-order chi connectivity index (χ1) is 16.0. The summed E-state index contributed by atoms with van der Waals surface area (Å²) >= 11 is 0. The van der Waals surface area contributed by atoms with Crippen molar-refractivity contribution >= 4 is 16.1 Å². The maximum atomic E-state index is 12.4. The minimum Gasteiger partial charge on any atom is -0.493 e. The van der Waals surface area contributed by atoms with Gasteiger partial charge in [-0.25, -0.2) is 17.5 Å². The molecule has 0 aromatic heterocycles. The van der Waals surface area contributed by atoms with Crippen LogP contribution in [0.2, 0.25) is 0 Å². The highest BCUT2D eigenvalue weighted by atomic mass is 32.2. The molecular formula is C24H36N4O5S. The molecule has 2 fully saturated rings. The Hall–Kier alpha value is -2.35. The van der Waals surface area contributed by atoms with Crippen LogP contribution < -0.4 is 10.1 Å². The Morgan fingerprint density at radius 3 is 2.38 bits per heavy atom. The van der Waals surface area contributed by atoms with Gasteiger partial charge in [0.1, 0.15) is 5.75 Å². The van der Waals surface area contributed by atoms with Crippen molar-refractivity contribution in [2.75, 3.05) is 45.1 Å². The van der Waals surface area contributed by atoms with Gasteiger partial charge in [0.25, 0.3) is 0 Å². The summed E-state index contributed by atoms with van der Waals surface area (Å²) in [5.41, 5.74) is -0.0583. The van der Waals surface area contributed by atoms with Crippen LogP contribution in [0.5, 0.6) is 5.75 Å². The van der Waals surface area contributed by atoms with E-state index in [-0.39, 0.29) is 11.7 Å². The summed E-state index contributed by atoms with van der Waals surface area (Å²) < 4.78 is 32.4. The second kappa shape index (κ2) is 10.9. The van der Waals surface area contributed by atoms with E-state index >= 15 is 0 Å². The molecule has 10 heteroatoms. The zero-order valence-corrected chi connectivity index (χ0v) is 21.1. The maximum absolute atomic E-state index is 12.4. The van der Waals surface area contributed by atoms with Crippen LogP contribution in [0.15, 0.2) is 24.3 Å². The van der Waals surface area contributed by atoms with E-state index in [0.717, 1.165) is 26.1 Å². The van der Waals surface area contributed by atoms with E-state index in [0.29, 0.717) is 49.3 Å². The first-order valence-corrected chi connectivity index (χ1v) is 13.4. The van der Waals surface area contributed by atoms with Crippen LogP contribution >= 0.6 is 0 Å². The minimum absolute atomic E-state index is 0.0618. The lowest BCUT2D eigenvalue weighted by atomic mass is 9.84. The zero-order chi connectivity index (χ0) is 24.9. The fourth-order valence-electron chi connectivity index (χ4n) is 5.34. The fraction of sp³-hybridized carbons (Fsp3) is 0.667. The molecule has 2 N–H and O–H groups in total. The summed E-state index contributed by atoms with van der Waals surface area (Å²) in [5.74, 6) is 1.48. The van der Waals surface area contributed by atoms with Crippen molar-refractivity contribution in [3.63, 3.8) is 0 Å². The number of nitrogens with zero attached hydrogens (tertiary/aromatic N) is 3. The predicted molar refractivity (Wildman–Crippen MR) is 129 cm³/mol. The van der Waals surface area contributed by atoms with Crippen LogP contribution in [-0.4, -0.2) is 79.4 Å². The number of ether oxygens (including phenoxy) is 1. The van der Waals surface area contributed by atoms with Crippen LogP contribution in [0.1, 0.15) is 39.2 Å². The van der Waals surface area contributed by atoms with Gasteiger partial charge in [-0.1, -0.05) is 0 Å². The number of carbonyl (C=O) groups is 1. The molecule has 0 radical (unpaired) electrons. The van der Waals surface area contributed by atoms with Gasteiger partial charge in [0.2, 0.25) is 10.0 Å². The number of amides is 1. The van der Waals surface area contributed by atoms with Gasteiger partial charge < -0.3 is 20.1 Å². The maximum Gasteiger partial charge on any atom is 0.405 e. The summed E-state index contributed by atoms with van der Waals surface area (Å²) in [7, 11) is -3.17. The highest BCUT2D eigenvalue weighted by Crippen LogP contribution is 2.31. The van der Waals surface area contributed by atoms with Gasteiger partial charge in [-0.15, -0.1) is 0 Å². The average Bonchev–Trinajstić information content (AvgIpc) is 2.76. The van der Waals surface area contributed by atoms with Crippen molar-refractivity contribution in [3.05, 3.63) is 29.8 Å². The van der Waals surface area contributed by atoms with Gasteiger partial charge in [-0.05, 0) is 69.7 Å². The van der Waals surface area contributed by atoms with Gasteiger partial charge in [-0.2, -0.15) is 5.26 Å². The van der Waals surface area contributed by atoms with Crippen molar-refractivity contribution in [2.24, 2.45) is 17.8 Å². The third kappa shape index (κ3) is 7.32. The number of fused-ring (bicyclic) bond motifs is 2. The molecule has 9 nitrogen and oxygen atoms in total. The second-order valence-electron chi connectivity index (χ2n) is 10.2. The normalized spacial score (nSPS) is 22.5. The predicted octanol–water partition coefficient (Wildman–Crippen LogP) is 2.59. The molecular weight excluding hydrogens is 456 g/mol. The Morgan fingerprint density at radius 1 is 1.24 bits per heavy atom. The number of nitrogens with one attached hydrogen (secondary N) is 1. The molecule has 3 atom stereocenters. The molecule has 1 amide bonds. The molecule has 2 aliphatic heterocycles. The third-order valence-electron chi connectivity index (χ3n) is 6.61. The number of piperidine rings is 2. The highest BCUT2D eigenvalue weighted by molar-refractivity contribution is 7.89. The summed E-state index contributed by atoms with van der Waals surface area (Å²) in [4.78, 5) is 13.6. The van der Waals surface area contributed by atoms with E-state index in [4.69, 9.17) is 10.00 Å². The van der Waals surface area contributed by atoms with Gasteiger partial charge in [0.15, 0.2) is 0 Å². The Bertz CT molecular complexity index is 976. The number of hydrogen-bond donors (Lipinski definition) is 2. The monoisotopic (exact) mass is 492 g/mol. The summed E-state index contributed by atoms with van der Waals surface area (Å²) in [6.07, 6.45) is 0.587. The molecule has 2 aliphatic rings. The summed E-state index contributed by atoms with van der Waals surface area (Å²) in [6.45, 7) is 9.38. The van der Waals surface area contributed by atoms with Crippen molar-refractivity contribution in [2.45, 2.75) is 39.2 Å². The lowest BCUT2D eigenvalue weighted by molar-refractivity contribution is 0.0436. The van der Waals surface area contributed by atoms with Crippen LogP contribution in [0, 0.1) is 29.1 Å². The molecule has 2 heterocycles. The van der Waals surface area contributed by atoms with Crippen LogP contribution in [0.25, 0.3) is 0 Å². The third-order valence-corrected chi connectivity index (χ3v) is 8.43. The smallest absolute Gasteiger partial charge is 0.405 e. The van der Waals surface area contributed by atoms with E-state index < -0.39 is 21.7 Å². The Balaban J connectivity index is 1.66. The van der Waals surface area contributed by atoms with Crippen molar-refractivity contribution in [3.8, 4) is 11.8 Å². The molecule has 0 saturated carbocycles. The Labute approximate surface area is 202 Å². The summed E-state index contributed by atoms with van der Waals surface area (Å²) in [6, 6.07) is 9.05. The van der Waals surface area contributed by atoms with Crippen LogP contribution in [-0.2, 0) is 10.0 Å². The van der Waals surface area contributed by atoms with Crippen molar-refractivity contribution < 1.29 is 23.1 Å². The topological polar surface area (TPSA) is 123 Å². The van der Waals surface area contributed by atoms with Crippen molar-refractivity contribution in [1.82, 2.24) is 14.5 Å². The Kier molecular flexibility index (Phi) is 8.44. The van der Waals surface area contributed by atoms with Gasteiger partial charge in [0, 0.05) is 44.2 Å². The molecule has 0 aliphatic carbocycles. The quantitative estimate of drug-likeness (QED) is 0.515. The van der Waals surface area contributed by atoms with E-state index in [1.807, 2.05) is 13.8 Å². The lowest BCUT2D eigenvalue weighted by Gasteiger charge is -2.46. The van der Waals surface area contributed by atoms with Gasteiger partial charge in [-0.3, -0.25) is 0 Å². The number of hydrogen-bond acceptors (Lipinski definition) is 6. The lowest BCUT2D eigenvalue weighted by Crippen LogP contribution is -2.55. The SMILES string of the molecule is CCS(=O)(=O)N1CC2CC(CN(CC(COc3ccc(C#N)cc3)CC(C)(C)NC(=O)O)C2)C1. The fourth-order valence-corrected chi connectivity index (χ4v) is 6.58. The van der Waals surface area contributed by atoms with Gasteiger partial charge >= 0.3 is 6.09 Å². The summed E-state index contributed by atoms with van der Waals surface area (Å²) in [5, 5.41) is 20.8. The molecule has 2 saturated heterocycles. The first-order valence-electron chi connectivity index (χ1n) is 11.8. The molecule has 1 aromatic carbocycles. The average molecular weight is 493 g/mol. The number of sulfonamides is 1. The minimum atomic E-state index is -3.17. The zero-order valence-electron chi connectivity index (χ0n) is 20.2. The van der Waals surface area contributed by atoms with E-state index in [9.17, 15) is 18.3 Å². The number of likely N-dealkylation sites (tertiary alicyclic amines) is 1. The van der Waals surface area contributed by atoms with Gasteiger partial charge in [0.05, 0.1) is 24.0 Å². The molecule has 2 bridgehead atoms. The number of benzene rings is 1. The first kappa shape index (κ1) is 26.3. The van der Waals surface area contributed by atoms with Crippen molar-refractivity contribution in [1.29, 1.82) is 5.26 Å². The van der Waals surface area contributed by atoms with Crippen LogP contribution in [0.4, 0.5) is 4.79 Å². The number of carboxylic acid groups (broad SMARTS) is 1. The largest absolute Gasteiger partial charge is 0.493 e. The van der Waals surface area contributed by atoms with E-state index in [1.165, 1.54) is 0 Å². The number of rotatable bonds is 10. The molecule has 188 valence electrons. The Morgan fingerprint density at radius 2 is 1.85 bits per heavy atom.